The van der Waals surface area contributed by atoms with Gasteiger partial charge in [-0.3, -0.25) is 4.98 Å². The lowest BCUT2D eigenvalue weighted by Crippen LogP contribution is -1.92. The lowest BCUT2D eigenvalue weighted by atomic mass is 10.2. The third-order valence-corrected chi connectivity index (χ3v) is 2.20. The number of hydrogen-bond donors (Lipinski definition) is 1. The fraction of sp³-hybridized carbons (Fsp3) is 0.0769. The highest BCUT2D eigenvalue weighted by Gasteiger charge is 2.05. The molecule has 2 N–H and O–H groups in total. The molecule has 0 saturated carbocycles. The van der Waals surface area contributed by atoms with Crippen LogP contribution in [0.1, 0.15) is 11.1 Å². The molecular formula is C13H11N3O. The summed E-state index contributed by atoms with van der Waals surface area (Å²) >= 11 is 0. The minimum absolute atomic E-state index is 0.409. The van der Waals surface area contributed by atoms with Gasteiger partial charge in [-0.25, -0.2) is 0 Å². The quantitative estimate of drug-likeness (QED) is 0.797. The van der Waals surface area contributed by atoms with Gasteiger partial charge in [0.2, 0.25) is 0 Å². The summed E-state index contributed by atoms with van der Waals surface area (Å²) in [6.07, 6.45) is 3.34. The number of pyridine rings is 1. The van der Waals surface area contributed by atoms with E-state index < -0.39 is 0 Å². The number of anilines is 1. The molecule has 17 heavy (non-hydrogen) atoms. The Balaban J connectivity index is 2.34. The van der Waals surface area contributed by atoms with E-state index in [4.69, 9.17) is 15.7 Å². The molecule has 0 spiro atoms. The predicted molar refractivity (Wildman–Crippen MR) is 64.6 cm³/mol. The number of hydrogen-bond acceptors (Lipinski definition) is 4. The number of aryl methyl sites for hydroxylation is 1. The molecule has 0 radical (unpaired) electrons. The number of ether oxygens (including phenoxy) is 1. The van der Waals surface area contributed by atoms with E-state index in [0.717, 1.165) is 5.56 Å². The molecule has 1 aromatic carbocycles. The summed E-state index contributed by atoms with van der Waals surface area (Å²) in [6.45, 7) is 1.92. The number of nitrogen functional groups attached to an aromatic ring is 1. The van der Waals surface area contributed by atoms with Crippen molar-refractivity contribution < 1.29 is 4.74 Å². The lowest BCUT2D eigenvalue weighted by Gasteiger charge is -2.07. The molecule has 4 nitrogen and oxygen atoms in total. The smallest absolute Gasteiger partial charge is 0.146 e. The van der Waals surface area contributed by atoms with Gasteiger partial charge in [-0.05, 0) is 36.8 Å². The van der Waals surface area contributed by atoms with Gasteiger partial charge in [0, 0.05) is 11.9 Å². The first-order valence-electron chi connectivity index (χ1n) is 5.08. The second-order valence-corrected chi connectivity index (χ2v) is 3.67. The zero-order chi connectivity index (χ0) is 12.3. The van der Waals surface area contributed by atoms with Crippen LogP contribution in [-0.2, 0) is 0 Å². The van der Waals surface area contributed by atoms with Gasteiger partial charge in [0.15, 0.2) is 0 Å². The first-order chi connectivity index (χ1) is 8.19. The minimum Gasteiger partial charge on any atom is -0.454 e. The third-order valence-electron chi connectivity index (χ3n) is 2.20. The molecule has 2 aromatic rings. The molecule has 0 aliphatic heterocycles. The molecular weight excluding hydrogens is 214 g/mol. The maximum atomic E-state index is 8.97. The van der Waals surface area contributed by atoms with Crippen LogP contribution in [0.15, 0.2) is 36.7 Å². The minimum atomic E-state index is 0.409. The highest BCUT2D eigenvalue weighted by atomic mass is 16.5. The summed E-state index contributed by atoms with van der Waals surface area (Å²) in [6, 6.07) is 8.85. The van der Waals surface area contributed by atoms with Crippen molar-refractivity contribution in [2.75, 3.05) is 5.73 Å². The van der Waals surface area contributed by atoms with E-state index in [1.54, 1.807) is 30.6 Å². The first kappa shape index (κ1) is 11.0. The predicted octanol–water partition coefficient (Wildman–Crippen LogP) is 2.64. The zero-order valence-corrected chi connectivity index (χ0v) is 9.34. The van der Waals surface area contributed by atoms with Crippen molar-refractivity contribution in [1.29, 1.82) is 5.26 Å². The first-order valence-corrected chi connectivity index (χ1v) is 5.08. The van der Waals surface area contributed by atoms with E-state index in [1.807, 2.05) is 19.1 Å². The van der Waals surface area contributed by atoms with Gasteiger partial charge in [-0.1, -0.05) is 0 Å². The molecule has 0 amide bonds. The molecule has 0 unspecified atom stereocenters. The number of rotatable bonds is 2. The summed E-state index contributed by atoms with van der Waals surface area (Å²) in [5, 5.41) is 8.97. The number of benzene rings is 1. The van der Waals surface area contributed by atoms with E-state index >= 15 is 0 Å². The summed E-state index contributed by atoms with van der Waals surface area (Å²) in [7, 11) is 0. The second-order valence-electron chi connectivity index (χ2n) is 3.67. The lowest BCUT2D eigenvalue weighted by molar-refractivity contribution is 0.478. The van der Waals surface area contributed by atoms with Gasteiger partial charge in [0.25, 0.3) is 0 Å². The van der Waals surface area contributed by atoms with Gasteiger partial charge in [0.05, 0.1) is 11.8 Å². The van der Waals surface area contributed by atoms with Gasteiger partial charge >= 0.3 is 0 Å². The van der Waals surface area contributed by atoms with E-state index in [1.165, 1.54) is 0 Å². The van der Waals surface area contributed by atoms with E-state index in [2.05, 4.69) is 4.98 Å². The van der Waals surface area contributed by atoms with Crippen molar-refractivity contribution in [2.24, 2.45) is 0 Å². The summed E-state index contributed by atoms with van der Waals surface area (Å²) in [4.78, 5) is 4.02. The highest BCUT2D eigenvalue weighted by Crippen LogP contribution is 2.26. The van der Waals surface area contributed by atoms with Crippen molar-refractivity contribution in [3.63, 3.8) is 0 Å². The Morgan fingerprint density at radius 1 is 1.29 bits per heavy atom. The maximum Gasteiger partial charge on any atom is 0.146 e. The zero-order valence-electron chi connectivity index (χ0n) is 9.34. The van der Waals surface area contributed by atoms with Crippen LogP contribution in [0.25, 0.3) is 0 Å². The SMILES string of the molecule is Cc1cncc(Oc2ccc(N)cc2C#N)c1. The standard InChI is InChI=1S/C13H11N3O/c1-9-4-12(8-16-7-9)17-13-3-2-11(15)5-10(13)6-14/h2-5,7-8H,15H2,1H3. The molecule has 0 atom stereocenters. The molecule has 84 valence electrons. The normalized spacial score (nSPS) is 9.65. The van der Waals surface area contributed by atoms with E-state index in [0.29, 0.717) is 22.7 Å². The number of nitriles is 1. The maximum absolute atomic E-state index is 8.97. The Hall–Kier alpha value is -2.54. The number of aromatic nitrogens is 1. The molecule has 0 fully saturated rings. The molecule has 2 rings (SSSR count). The summed E-state index contributed by atoms with van der Waals surface area (Å²) < 4.78 is 5.60. The van der Waals surface area contributed by atoms with Crippen molar-refractivity contribution in [3.8, 4) is 17.6 Å². The van der Waals surface area contributed by atoms with Crippen LogP contribution < -0.4 is 10.5 Å². The molecule has 1 heterocycles. The number of nitrogens with two attached hydrogens (primary N) is 1. The van der Waals surface area contributed by atoms with Gasteiger partial charge < -0.3 is 10.5 Å². The summed E-state index contributed by atoms with van der Waals surface area (Å²) in [5.41, 5.74) is 7.55. The van der Waals surface area contributed by atoms with Crippen LogP contribution in [0.5, 0.6) is 11.5 Å². The molecule has 1 aromatic heterocycles. The number of nitrogens with zero attached hydrogens (tertiary/aromatic N) is 2. The Morgan fingerprint density at radius 2 is 2.12 bits per heavy atom. The van der Waals surface area contributed by atoms with Crippen molar-refractivity contribution in [1.82, 2.24) is 4.98 Å². The Kier molecular flexibility index (Phi) is 2.93. The molecule has 0 aliphatic rings. The van der Waals surface area contributed by atoms with Gasteiger partial charge in [0.1, 0.15) is 17.6 Å². The third kappa shape index (κ3) is 2.52. The van der Waals surface area contributed by atoms with E-state index in [-0.39, 0.29) is 0 Å². The average molecular weight is 225 g/mol. The Bertz CT molecular complexity index is 587. The highest BCUT2D eigenvalue weighted by molar-refractivity contribution is 5.54. The van der Waals surface area contributed by atoms with Crippen LogP contribution in [-0.4, -0.2) is 4.98 Å². The topological polar surface area (TPSA) is 71.9 Å². The second kappa shape index (κ2) is 4.54. The monoisotopic (exact) mass is 225 g/mol. The molecule has 4 heteroatoms. The van der Waals surface area contributed by atoms with Crippen LogP contribution >= 0.6 is 0 Å². The van der Waals surface area contributed by atoms with Crippen molar-refractivity contribution in [3.05, 3.63) is 47.8 Å². The fourth-order valence-corrected chi connectivity index (χ4v) is 1.43. The van der Waals surface area contributed by atoms with Crippen LogP contribution in [0.4, 0.5) is 5.69 Å². The van der Waals surface area contributed by atoms with Crippen molar-refractivity contribution in [2.45, 2.75) is 6.92 Å². The Labute approximate surface area is 99.3 Å². The average Bonchev–Trinajstić information content (AvgIpc) is 2.31. The van der Waals surface area contributed by atoms with Crippen LogP contribution in [0, 0.1) is 18.3 Å². The summed E-state index contributed by atoms with van der Waals surface area (Å²) in [5.74, 6) is 1.08. The van der Waals surface area contributed by atoms with Gasteiger partial charge in [-0.2, -0.15) is 5.26 Å². The van der Waals surface area contributed by atoms with Crippen LogP contribution in [0.3, 0.4) is 0 Å². The molecule has 0 aliphatic carbocycles. The van der Waals surface area contributed by atoms with Crippen molar-refractivity contribution >= 4 is 5.69 Å². The largest absolute Gasteiger partial charge is 0.454 e. The molecule has 0 saturated heterocycles. The fourth-order valence-electron chi connectivity index (χ4n) is 1.43. The van der Waals surface area contributed by atoms with Crippen LogP contribution in [0.2, 0.25) is 0 Å². The van der Waals surface area contributed by atoms with E-state index in [9.17, 15) is 0 Å². The Morgan fingerprint density at radius 3 is 2.82 bits per heavy atom. The molecule has 0 bridgehead atoms. The van der Waals surface area contributed by atoms with Gasteiger partial charge in [-0.15, -0.1) is 0 Å².